The van der Waals surface area contributed by atoms with Gasteiger partial charge in [0.15, 0.2) is 23.4 Å². The topological polar surface area (TPSA) is 247 Å². The summed E-state index contributed by atoms with van der Waals surface area (Å²) in [4.78, 5) is 68.9. The minimum absolute atomic E-state index is 0.0627. The normalized spacial score (nSPS) is 24.5. The highest BCUT2D eigenvalue weighted by molar-refractivity contribution is 7.10. The lowest BCUT2D eigenvalue weighted by molar-refractivity contribution is -0.946. The number of carbonyl (C=O) groups is 6. The second kappa shape index (κ2) is 30.5. The molecule has 2 aliphatic carbocycles. The maximum Gasteiger partial charge on any atom is 0.430 e. The van der Waals surface area contributed by atoms with E-state index in [0.717, 1.165) is 173 Å². The summed E-state index contributed by atoms with van der Waals surface area (Å²) in [5, 5.41) is 47.7. The maximum atomic E-state index is 13.6. The summed E-state index contributed by atoms with van der Waals surface area (Å²) in [6.07, 6.45) is 3.04. The number of esters is 3. The molecule has 0 radical (unpaired) electrons. The van der Waals surface area contributed by atoms with Crippen molar-refractivity contribution in [2.45, 2.75) is 133 Å². The number of hydrogen-bond donors (Lipinski definition) is 3. The van der Waals surface area contributed by atoms with Gasteiger partial charge in [-0.1, -0.05) is 37.8 Å². The second-order valence-corrected chi connectivity index (χ2v) is 25.5. The Morgan fingerprint density at radius 2 is 0.943 bits per heavy atom. The summed E-state index contributed by atoms with van der Waals surface area (Å²) in [5.74, 6) is -5.19. The number of thiophene rings is 2. The van der Waals surface area contributed by atoms with E-state index in [1.165, 1.54) is 36.7 Å². The molecule has 2 saturated carbocycles. The number of methoxy groups -OCH3 is 1. The predicted molar refractivity (Wildman–Crippen MR) is 306 cm³/mol. The van der Waals surface area contributed by atoms with E-state index in [-0.39, 0.29) is 35.9 Å². The SMILES string of the molecule is CC(=O)Nc1ccc(OCCC[N+]23CCC(CC2)[C@@H](OC(=O)[C@](O)(c2cccs2)C2CCCC2)C3)cc1.COC(=O)c1ccc(OCCC[N+]23CCC(CC2)[C@@H](OC(=O)[C@](O)(c2cccs2)C2CCCC2)C3)cc1.O=C([O-])C(F)(F)F.O=C([O-])C(F)(F)F. The van der Waals surface area contributed by atoms with Crippen molar-refractivity contribution in [2.75, 3.05) is 78.0 Å². The number of nitrogens with zero attached hydrogens (tertiary/aromatic N) is 2. The van der Waals surface area contributed by atoms with Crippen molar-refractivity contribution in [3.05, 3.63) is 98.9 Å². The molecule has 88 heavy (non-hydrogen) atoms. The number of quaternary nitrogens is 2. The Balaban J connectivity index is 0.000000206. The van der Waals surface area contributed by atoms with Gasteiger partial charge in [0.05, 0.1) is 65.2 Å². The quantitative estimate of drug-likeness (QED) is 0.0251. The second-order valence-electron chi connectivity index (χ2n) is 23.6. The van der Waals surface area contributed by atoms with Gasteiger partial charge in [-0.05, 0) is 97.1 Å². The lowest BCUT2D eigenvalue weighted by Crippen LogP contribution is -2.65. The van der Waals surface area contributed by atoms with Gasteiger partial charge in [0.2, 0.25) is 5.91 Å². The average molecular weight is 1280 g/mol. The molecule has 4 bridgehead atoms. The van der Waals surface area contributed by atoms with Crippen LogP contribution in [-0.4, -0.2) is 152 Å². The van der Waals surface area contributed by atoms with E-state index in [1.54, 1.807) is 24.3 Å². The first-order chi connectivity index (χ1) is 41.7. The summed E-state index contributed by atoms with van der Waals surface area (Å²) in [5.41, 5.74) is -1.79. The smallest absolute Gasteiger partial charge is 0.430 e. The van der Waals surface area contributed by atoms with E-state index in [4.69, 9.17) is 43.5 Å². The Morgan fingerprint density at radius 3 is 1.26 bits per heavy atom. The van der Waals surface area contributed by atoms with Gasteiger partial charge < -0.3 is 68.0 Å². The van der Waals surface area contributed by atoms with Crippen LogP contribution in [0.2, 0.25) is 0 Å². The molecular weight excluding hydrogens is 1200 g/mol. The van der Waals surface area contributed by atoms with Gasteiger partial charge in [0, 0.05) is 84.6 Å². The molecule has 8 aliphatic rings. The van der Waals surface area contributed by atoms with Crippen molar-refractivity contribution in [1.29, 1.82) is 0 Å². The summed E-state index contributed by atoms with van der Waals surface area (Å²) < 4.78 is 94.0. The minimum atomic E-state index is -5.19. The molecule has 0 unspecified atom stereocenters. The van der Waals surface area contributed by atoms with Gasteiger partial charge in [-0.15, -0.1) is 22.7 Å². The number of carbonyl (C=O) groups excluding carboxylic acids is 6. The first-order valence-corrected chi connectivity index (χ1v) is 31.5. The van der Waals surface area contributed by atoms with Crippen LogP contribution in [0.5, 0.6) is 11.5 Å². The molecule has 484 valence electrons. The molecule has 18 nitrogen and oxygen atoms in total. The van der Waals surface area contributed by atoms with E-state index >= 15 is 0 Å². The number of hydrogen-bond acceptors (Lipinski definition) is 17. The van der Waals surface area contributed by atoms with Crippen LogP contribution in [0.1, 0.15) is 117 Å². The number of carboxylic acids is 2. The first kappa shape index (κ1) is 69.2. The fourth-order valence-corrected chi connectivity index (χ4v) is 15.0. The summed E-state index contributed by atoms with van der Waals surface area (Å²) in [6.45, 7) is 10.7. The number of benzene rings is 2. The Labute approximate surface area is 514 Å². The molecule has 3 N–H and O–H groups in total. The first-order valence-electron chi connectivity index (χ1n) is 29.7. The minimum Gasteiger partial charge on any atom is -0.542 e. The Hall–Kier alpha value is -6.32. The number of amides is 1. The molecule has 2 aromatic carbocycles. The largest absolute Gasteiger partial charge is 0.542 e. The number of carboxylic acid groups (broad SMARTS) is 2. The van der Waals surface area contributed by atoms with Crippen molar-refractivity contribution >= 4 is 64.1 Å². The van der Waals surface area contributed by atoms with Crippen LogP contribution >= 0.6 is 22.7 Å². The van der Waals surface area contributed by atoms with E-state index in [0.29, 0.717) is 35.5 Å². The fraction of sp³-hybridized carbons (Fsp3) is 0.581. The third-order valence-electron chi connectivity index (χ3n) is 17.9. The number of nitrogens with one attached hydrogen (secondary N) is 1. The Morgan fingerprint density at radius 1 is 0.580 bits per heavy atom. The van der Waals surface area contributed by atoms with E-state index < -0.39 is 47.4 Å². The van der Waals surface area contributed by atoms with Crippen LogP contribution in [0, 0.1) is 23.7 Å². The molecule has 4 aromatic rings. The van der Waals surface area contributed by atoms with Crippen LogP contribution < -0.4 is 25.0 Å². The standard InChI is InChI=1S/C29H38N2O5S.C29H38NO6S.2C2HF3O2/c1-21(32)30-24-9-11-25(12-10-24)35-18-5-15-31-16-13-22(14-17-31)26(20-31)36-28(33)29(34,23-6-2-3-7-23)27-8-4-19-37-27;1-34-27(31)22-9-11-24(12-10-22)35-18-5-15-30-16-13-21(14-17-30)25(20-30)36-28(32)29(33,23-6-2-3-7-23)26-8-4-19-37-26;2*3-2(4,5)1(6)7/h4,8-12,19,22-23,26,34H,2-3,5-7,13-18,20H2,1H3;4,8-12,19,21,23,25,33H,2-3,5-7,13-18,20H2,1H3;2*(H,6,7)/q;+1;;/p-1/t22?,26-,29+,31?;21?,25-,29+,30?;;/m00../s1. The number of aliphatic carboxylic acids is 2. The molecule has 12 rings (SSSR count). The number of aliphatic hydroxyl groups is 2. The highest BCUT2D eigenvalue weighted by Gasteiger charge is 2.55. The number of rotatable bonds is 20. The van der Waals surface area contributed by atoms with Gasteiger partial charge in [-0.2, -0.15) is 26.3 Å². The monoisotopic (exact) mass is 1280 g/mol. The number of fused-ring (bicyclic) bond motifs is 6. The zero-order valence-corrected chi connectivity index (χ0v) is 50.8. The van der Waals surface area contributed by atoms with Crippen LogP contribution in [0.15, 0.2) is 83.6 Å². The Bertz CT molecular complexity index is 2880. The number of piperidine rings is 6. The highest BCUT2D eigenvalue weighted by Crippen LogP contribution is 2.47. The molecule has 2 aromatic heterocycles. The molecule has 26 heteroatoms. The van der Waals surface area contributed by atoms with E-state index in [1.807, 2.05) is 59.3 Å². The van der Waals surface area contributed by atoms with Gasteiger partial charge in [-0.25, -0.2) is 14.4 Å². The van der Waals surface area contributed by atoms with Gasteiger partial charge >= 0.3 is 30.3 Å². The van der Waals surface area contributed by atoms with E-state index in [9.17, 15) is 55.7 Å². The molecular formula is C62H77F6N3O15S2. The van der Waals surface area contributed by atoms with Crippen LogP contribution in [0.4, 0.5) is 32.0 Å². The lowest BCUT2D eigenvalue weighted by Gasteiger charge is -2.52. The van der Waals surface area contributed by atoms with Crippen molar-refractivity contribution in [1.82, 2.24) is 0 Å². The lowest BCUT2D eigenvalue weighted by atomic mass is 9.82. The zero-order valence-electron chi connectivity index (χ0n) is 49.2. The molecule has 6 aliphatic heterocycles. The molecule has 8 fully saturated rings. The number of alkyl halides is 6. The summed E-state index contributed by atoms with van der Waals surface area (Å²) >= 11 is 2.89. The third kappa shape index (κ3) is 18.0. The molecule has 4 atom stereocenters. The average Bonchev–Trinajstić information content (AvgIpc) is 1.68. The number of halogens is 6. The van der Waals surface area contributed by atoms with Crippen molar-refractivity contribution in [2.24, 2.45) is 23.7 Å². The summed E-state index contributed by atoms with van der Waals surface area (Å²) in [7, 11) is 1.37. The van der Waals surface area contributed by atoms with Gasteiger partial charge in [0.1, 0.15) is 36.5 Å². The third-order valence-corrected chi connectivity index (χ3v) is 19.9. The maximum absolute atomic E-state index is 13.6. The van der Waals surface area contributed by atoms with Crippen molar-refractivity contribution in [3.8, 4) is 11.5 Å². The predicted octanol–water partition coefficient (Wildman–Crippen LogP) is 7.84. The zero-order chi connectivity index (χ0) is 63.9. The Kier molecular flexibility index (Phi) is 23.9. The van der Waals surface area contributed by atoms with Gasteiger partial charge in [-0.3, -0.25) is 4.79 Å². The fourth-order valence-electron chi connectivity index (χ4n) is 13.2. The number of ether oxygens (including phenoxy) is 5. The van der Waals surface area contributed by atoms with Crippen LogP contribution in [0.25, 0.3) is 0 Å². The van der Waals surface area contributed by atoms with Gasteiger partial charge in [0.25, 0.3) is 0 Å². The summed E-state index contributed by atoms with van der Waals surface area (Å²) in [6, 6.07) is 22.0. The molecule has 0 spiro atoms. The molecule has 1 amide bonds. The van der Waals surface area contributed by atoms with E-state index in [2.05, 4.69) is 5.32 Å². The van der Waals surface area contributed by atoms with Crippen LogP contribution in [0.3, 0.4) is 0 Å². The van der Waals surface area contributed by atoms with Crippen molar-refractivity contribution in [3.63, 3.8) is 0 Å². The highest BCUT2D eigenvalue weighted by atomic mass is 32.1. The van der Waals surface area contributed by atoms with Crippen molar-refractivity contribution < 1.29 is 108 Å². The molecule has 6 saturated heterocycles. The van der Waals surface area contributed by atoms with Crippen LogP contribution in [-0.2, 0) is 49.4 Å². The number of anilines is 1. The molecule has 8 heterocycles.